The molecule has 0 aromatic carbocycles. The Morgan fingerprint density at radius 1 is 1.05 bits per heavy atom. The van der Waals surface area contributed by atoms with Gasteiger partial charge in [0.15, 0.2) is 0 Å². The van der Waals surface area contributed by atoms with Crippen LogP contribution in [0.5, 0.6) is 0 Å². The monoisotopic (exact) mass is 294 g/mol. The van der Waals surface area contributed by atoms with Gasteiger partial charge in [-0.15, -0.1) is 0 Å². The van der Waals surface area contributed by atoms with Gasteiger partial charge in [0.1, 0.15) is 0 Å². The molecule has 1 N–H and O–H groups in total. The molecule has 2 atom stereocenters. The van der Waals surface area contributed by atoms with E-state index < -0.39 is 0 Å². The summed E-state index contributed by atoms with van der Waals surface area (Å²) in [6.07, 6.45) is 14.0. The average Bonchev–Trinajstić information content (AvgIpc) is 2.73. The van der Waals surface area contributed by atoms with Crippen LogP contribution in [0.3, 0.4) is 0 Å². The molecule has 0 saturated heterocycles. The van der Waals surface area contributed by atoms with Crippen LogP contribution in [0.4, 0.5) is 0 Å². The Morgan fingerprint density at radius 3 is 2.33 bits per heavy atom. The molecule has 2 fully saturated rings. The number of nitrogens with one attached hydrogen (secondary N) is 1. The van der Waals surface area contributed by atoms with Gasteiger partial charge in [0, 0.05) is 18.1 Å². The fourth-order valence-corrected chi connectivity index (χ4v) is 4.48. The molecule has 0 heterocycles. The molecular formula is C19H38N2. The molecule has 0 aromatic heterocycles. The van der Waals surface area contributed by atoms with Crippen LogP contribution >= 0.6 is 0 Å². The predicted octanol–water partition coefficient (Wildman–Crippen LogP) is 4.59. The summed E-state index contributed by atoms with van der Waals surface area (Å²) in [5.41, 5.74) is 0.522. The Balaban J connectivity index is 2.02. The van der Waals surface area contributed by atoms with Crippen LogP contribution in [0.1, 0.15) is 85.0 Å². The van der Waals surface area contributed by atoms with Crippen LogP contribution in [-0.4, -0.2) is 36.6 Å². The Labute approximate surface area is 133 Å². The maximum absolute atomic E-state index is 3.85. The first-order valence-electron chi connectivity index (χ1n) is 9.49. The van der Waals surface area contributed by atoms with Gasteiger partial charge < -0.3 is 5.32 Å². The summed E-state index contributed by atoms with van der Waals surface area (Å²) in [7, 11) is 2.42. The van der Waals surface area contributed by atoms with Crippen molar-refractivity contribution in [2.24, 2.45) is 5.41 Å². The van der Waals surface area contributed by atoms with Crippen molar-refractivity contribution in [3.63, 3.8) is 0 Å². The first-order valence-corrected chi connectivity index (χ1v) is 9.49. The van der Waals surface area contributed by atoms with Crippen LogP contribution in [0.15, 0.2) is 0 Å². The minimum absolute atomic E-state index is 0.522. The third-order valence-electron chi connectivity index (χ3n) is 5.94. The zero-order valence-corrected chi connectivity index (χ0v) is 15.0. The Kier molecular flexibility index (Phi) is 6.55. The Bertz CT molecular complexity index is 292. The summed E-state index contributed by atoms with van der Waals surface area (Å²) >= 11 is 0. The lowest BCUT2D eigenvalue weighted by atomic mass is 9.72. The lowest BCUT2D eigenvalue weighted by Gasteiger charge is -2.47. The smallest absolute Gasteiger partial charge is 0.0254 e. The summed E-state index contributed by atoms with van der Waals surface area (Å²) in [5, 5.41) is 3.85. The molecule has 0 amide bonds. The van der Waals surface area contributed by atoms with E-state index in [-0.39, 0.29) is 0 Å². The van der Waals surface area contributed by atoms with Gasteiger partial charge in [0.2, 0.25) is 0 Å². The zero-order chi connectivity index (χ0) is 15.3. The van der Waals surface area contributed by atoms with E-state index in [1.54, 1.807) is 0 Å². The van der Waals surface area contributed by atoms with Crippen molar-refractivity contribution in [2.45, 2.75) is 103 Å². The lowest BCUT2D eigenvalue weighted by Crippen LogP contribution is -2.56. The first kappa shape index (κ1) is 17.3. The highest BCUT2D eigenvalue weighted by atomic mass is 15.2. The van der Waals surface area contributed by atoms with Gasteiger partial charge in [-0.2, -0.15) is 0 Å². The second kappa shape index (κ2) is 7.97. The average molecular weight is 295 g/mol. The van der Waals surface area contributed by atoms with E-state index in [1.165, 1.54) is 70.8 Å². The topological polar surface area (TPSA) is 15.3 Å². The van der Waals surface area contributed by atoms with E-state index in [4.69, 9.17) is 0 Å². The minimum atomic E-state index is 0.522. The largest absolute Gasteiger partial charge is 0.312 e. The molecule has 2 aliphatic carbocycles. The second-order valence-corrected chi connectivity index (χ2v) is 8.35. The van der Waals surface area contributed by atoms with Crippen molar-refractivity contribution in [2.75, 3.05) is 13.6 Å². The number of likely N-dealkylation sites (N-methyl/N-ethyl adjacent to an activating group) is 1. The van der Waals surface area contributed by atoms with Crippen molar-refractivity contribution >= 4 is 0 Å². The molecule has 2 unspecified atom stereocenters. The highest BCUT2D eigenvalue weighted by molar-refractivity contribution is 4.95. The molecule has 2 aliphatic rings. The van der Waals surface area contributed by atoms with Crippen LogP contribution in [-0.2, 0) is 0 Å². The molecule has 2 rings (SSSR count). The maximum Gasteiger partial charge on any atom is 0.0254 e. The second-order valence-electron chi connectivity index (χ2n) is 8.35. The van der Waals surface area contributed by atoms with Crippen molar-refractivity contribution in [3.8, 4) is 0 Å². The highest BCUT2D eigenvalue weighted by Gasteiger charge is 2.38. The van der Waals surface area contributed by atoms with Crippen LogP contribution < -0.4 is 5.32 Å². The van der Waals surface area contributed by atoms with Crippen molar-refractivity contribution in [3.05, 3.63) is 0 Å². The quantitative estimate of drug-likeness (QED) is 0.746. The van der Waals surface area contributed by atoms with Crippen LogP contribution in [0.2, 0.25) is 0 Å². The van der Waals surface area contributed by atoms with Crippen molar-refractivity contribution in [1.29, 1.82) is 0 Å². The number of rotatable bonds is 5. The number of hydrogen-bond acceptors (Lipinski definition) is 2. The van der Waals surface area contributed by atoms with Crippen LogP contribution in [0.25, 0.3) is 0 Å². The van der Waals surface area contributed by atoms with Gasteiger partial charge in [-0.05, 0) is 57.5 Å². The highest BCUT2D eigenvalue weighted by Crippen LogP contribution is 2.38. The maximum atomic E-state index is 3.85. The van der Waals surface area contributed by atoms with E-state index in [0.29, 0.717) is 11.5 Å². The van der Waals surface area contributed by atoms with Gasteiger partial charge in [-0.1, -0.05) is 46.5 Å². The standard InChI is InChI=1S/C19H38N2/c1-5-14-20-17-12-13-19(2,3)15-18(17)21(4)16-10-8-6-7-9-11-16/h16-18,20H,5-15H2,1-4H3. The van der Waals surface area contributed by atoms with Gasteiger partial charge in [0.05, 0.1) is 0 Å². The molecule has 0 radical (unpaired) electrons. The van der Waals surface area contributed by atoms with Gasteiger partial charge in [0.25, 0.3) is 0 Å². The number of nitrogens with zero attached hydrogens (tertiary/aromatic N) is 1. The first-order chi connectivity index (χ1) is 10.0. The van der Waals surface area contributed by atoms with Gasteiger partial charge >= 0.3 is 0 Å². The molecule has 21 heavy (non-hydrogen) atoms. The summed E-state index contributed by atoms with van der Waals surface area (Å²) in [6, 6.07) is 2.28. The van der Waals surface area contributed by atoms with Crippen molar-refractivity contribution < 1.29 is 0 Å². The summed E-state index contributed by atoms with van der Waals surface area (Å²) in [6.45, 7) is 8.40. The fraction of sp³-hybridized carbons (Fsp3) is 1.00. The van der Waals surface area contributed by atoms with E-state index in [1.807, 2.05) is 0 Å². The predicted molar refractivity (Wildman–Crippen MR) is 92.8 cm³/mol. The molecule has 2 saturated carbocycles. The molecule has 0 spiro atoms. The van der Waals surface area contributed by atoms with E-state index >= 15 is 0 Å². The van der Waals surface area contributed by atoms with E-state index in [0.717, 1.165) is 12.1 Å². The third-order valence-corrected chi connectivity index (χ3v) is 5.94. The molecule has 0 aromatic rings. The van der Waals surface area contributed by atoms with Gasteiger partial charge in [-0.25, -0.2) is 0 Å². The third kappa shape index (κ3) is 4.96. The summed E-state index contributed by atoms with van der Waals surface area (Å²) in [5.74, 6) is 0. The molecule has 2 nitrogen and oxygen atoms in total. The number of hydrogen-bond donors (Lipinski definition) is 1. The molecule has 0 bridgehead atoms. The van der Waals surface area contributed by atoms with Gasteiger partial charge in [-0.3, -0.25) is 4.90 Å². The zero-order valence-electron chi connectivity index (χ0n) is 15.0. The normalized spacial score (nSPS) is 31.3. The fourth-order valence-electron chi connectivity index (χ4n) is 4.48. The molecule has 124 valence electrons. The van der Waals surface area contributed by atoms with E-state index in [9.17, 15) is 0 Å². The summed E-state index contributed by atoms with van der Waals surface area (Å²) < 4.78 is 0. The van der Waals surface area contributed by atoms with E-state index in [2.05, 4.69) is 38.0 Å². The minimum Gasteiger partial charge on any atom is -0.312 e. The van der Waals surface area contributed by atoms with Crippen molar-refractivity contribution in [1.82, 2.24) is 10.2 Å². The van der Waals surface area contributed by atoms with Crippen LogP contribution in [0, 0.1) is 5.41 Å². The summed E-state index contributed by atoms with van der Waals surface area (Å²) in [4.78, 5) is 2.78. The molecular weight excluding hydrogens is 256 g/mol. The molecule has 2 heteroatoms. The Morgan fingerprint density at radius 2 is 1.71 bits per heavy atom. The SMILES string of the molecule is CCCNC1CCC(C)(C)CC1N(C)C1CCCCCC1. The Hall–Kier alpha value is -0.0800. The molecule has 0 aliphatic heterocycles. The lowest BCUT2D eigenvalue weighted by molar-refractivity contribution is 0.0500.